The summed E-state index contributed by atoms with van der Waals surface area (Å²) in [4.78, 5) is 11.5. The molecule has 7 nitrogen and oxygen atoms in total. The second-order valence-corrected chi connectivity index (χ2v) is 3.67. The van der Waals surface area contributed by atoms with Crippen molar-refractivity contribution in [2.75, 3.05) is 19.0 Å². The van der Waals surface area contributed by atoms with E-state index >= 15 is 0 Å². The van der Waals surface area contributed by atoms with Crippen molar-refractivity contribution < 1.29 is 13.9 Å². The van der Waals surface area contributed by atoms with Crippen molar-refractivity contribution >= 4 is 11.9 Å². The minimum absolute atomic E-state index is 0.0994. The van der Waals surface area contributed by atoms with E-state index in [0.29, 0.717) is 11.8 Å². The molecule has 0 aliphatic heterocycles. The Morgan fingerprint density at radius 2 is 2.44 bits per heavy atom. The van der Waals surface area contributed by atoms with Crippen LogP contribution in [-0.4, -0.2) is 35.9 Å². The number of carbonyl (C=O) groups excluding carboxylic acids is 1. The number of rotatable bonds is 5. The van der Waals surface area contributed by atoms with Crippen LogP contribution in [0.3, 0.4) is 0 Å². The van der Waals surface area contributed by atoms with Crippen molar-refractivity contribution in [2.24, 2.45) is 5.73 Å². The van der Waals surface area contributed by atoms with Gasteiger partial charge in [-0.25, -0.2) is 0 Å². The summed E-state index contributed by atoms with van der Waals surface area (Å²) in [6, 6.07) is 0.0994. The van der Waals surface area contributed by atoms with Gasteiger partial charge in [0.2, 0.25) is 5.89 Å². The van der Waals surface area contributed by atoms with Crippen LogP contribution in [0.5, 0.6) is 0 Å². The molecule has 1 amide bonds. The SMILES string of the molecule is COC(CN)C(=O)Nc1nnc(C2CC2)o1. The van der Waals surface area contributed by atoms with Crippen LogP contribution >= 0.6 is 0 Å². The Morgan fingerprint density at radius 1 is 1.69 bits per heavy atom. The van der Waals surface area contributed by atoms with Crippen LogP contribution in [0.15, 0.2) is 4.42 Å². The normalized spacial score (nSPS) is 17.1. The molecule has 16 heavy (non-hydrogen) atoms. The zero-order chi connectivity index (χ0) is 11.5. The Kier molecular flexibility index (Phi) is 3.16. The number of aromatic nitrogens is 2. The summed E-state index contributed by atoms with van der Waals surface area (Å²) in [5.41, 5.74) is 5.35. The Bertz CT molecular complexity index is 371. The second-order valence-electron chi connectivity index (χ2n) is 3.67. The van der Waals surface area contributed by atoms with Crippen LogP contribution < -0.4 is 11.1 Å². The minimum Gasteiger partial charge on any atom is -0.408 e. The fraction of sp³-hybridized carbons (Fsp3) is 0.667. The Labute approximate surface area is 92.3 Å². The van der Waals surface area contributed by atoms with Gasteiger partial charge in [0, 0.05) is 19.6 Å². The first-order valence-electron chi connectivity index (χ1n) is 5.11. The van der Waals surface area contributed by atoms with Gasteiger partial charge >= 0.3 is 6.01 Å². The number of amides is 1. The number of hydrogen-bond donors (Lipinski definition) is 2. The van der Waals surface area contributed by atoms with Crippen molar-refractivity contribution in [3.63, 3.8) is 0 Å². The maximum atomic E-state index is 11.5. The van der Waals surface area contributed by atoms with Crippen LogP contribution in [0.2, 0.25) is 0 Å². The molecule has 1 aliphatic carbocycles. The van der Waals surface area contributed by atoms with Crippen molar-refractivity contribution in [2.45, 2.75) is 24.9 Å². The maximum absolute atomic E-state index is 11.5. The van der Waals surface area contributed by atoms with Gasteiger partial charge in [-0.05, 0) is 12.8 Å². The third-order valence-corrected chi connectivity index (χ3v) is 2.39. The molecule has 1 aliphatic rings. The van der Waals surface area contributed by atoms with E-state index in [1.54, 1.807) is 0 Å². The first-order chi connectivity index (χ1) is 7.74. The van der Waals surface area contributed by atoms with Gasteiger partial charge in [0.15, 0.2) is 0 Å². The lowest BCUT2D eigenvalue weighted by molar-refractivity contribution is -0.125. The minimum atomic E-state index is -0.698. The highest BCUT2D eigenvalue weighted by atomic mass is 16.5. The first-order valence-corrected chi connectivity index (χ1v) is 5.11. The second kappa shape index (κ2) is 4.58. The van der Waals surface area contributed by atoms with E-state index in [1.165, 1.54) is 7.11 Å². The molecule has 1 heterocycles. The summed E-state index contributed by atoms with van der Waals surface area (Å²) < 4.78 is 10.1. The van der Waals surface area contributed by atoms with E-state index < -0.39 is 6.10 Å². The Morgan fingerprint density at radius 3 is 3.00 bits per heavy atom. The van der Waals surface area contributed by atoms with E-state index in [9.17, 15) is 4.79 Å². The summed E-state index contributed by atoms with van der Waals surface area (Å²) >= 11 is 0. The summed E-state index contributed by atoms with van der Waals surface area (Å²) in [7, 11) is 1.42. The Hall–Kier alpha value is -1.47. The molecule has 1 aromatic rings. The Balaban J connectivity index is 1.94. The number of methoxy groups -OCH3 is 1. The lowest BCUT2D eigenvalue weighted by Crippen LogP contribution is -2.36. The number of nitrogens with one attached hydrogen (secondary N) is 1. The number of nitrogens with two attached hydrogens (primary N) is 1. The molecule has 0 aromatic carbocycles. The highest BCUT2D eigenvalue weighted by Crippen LogP contribution is 2.39. The van der Waals surface area contributed by atoms with E-state index in [-0.39, 0.29) is 18.5 Å². The molecule has 0 saturated heterocycles. The van der Waals surface area contributed by atoms with Crippen LogP contribution in [0.1, 0.15) is 24.7 Å². The predicted molar refractivity (Wildman–Crippen MR) is 54.8 cm³/mol. The van der Waals surface area contributed by atoms with Crippen molar-refractivity contribution in [3.05, 3.63) is 5.89 Å². The third kappa shape index (κ3) is 2.37. The monoisotopic (exact) mass is 226 g/mol. The molecule has 2 rings (SSSR count). The average molecular weight is 226 g/mol. The number of ether oxygens (including phenoxy) is 1. The molecule has 1 atom stereocenters. The van der Waals surface area contributed by atoms with Gasteiger partial charge in [0.25, 0.3) is 5.91 Å². The smallest absolute Gasteiger partial charge is 0.322 e. The molecular formula is C9H14N4O3. The van der Waals surface area contributed by atoms with Gasteiger partial charge in [-0.3, -0.25) is 10.1 Å². The maximum Gasteiger partial charge on any atom is 0.322 e. The topological polar surface area (TPSA) is 103 Å². The number of carbonyl (C=O) groups is 1. The molecule has 1 aromatic heterocycles. The van der Waals surface area contributed by atoms with Crippen LogP contribution in [0, 0.1) is 0 Å². The highest BCUT2D eigenvalue weighted by molar-refractivity contribution is 5.92. The van der Waals surface area contributed by atoms with Crippen LogP contribution in [0.4, 0.5) is 6.01 Å². The first kappa shape index (κ1) is 11.0. The van der Waals surface area contributed by atoms with Gasteiger partial charge < -0.3 is 14.9 Å². The predicted octanol–water partition coefficient (Wildman–Crippen LogP) is -0.141. The number of hydrogen-bond acceptors (Lipinski definition) is 6. The van der Waals surface area contributed by atoms with Crippen molar-refractivity contribution in [3.8, 4) is 0 Å². The fourth-order valence-electron chi connectivity index (χ4n) is 1.28. The van der Waals surface area contributed by atoms with Crippen LogP contribution in [0.25, 0.3) is 0 Å². The van der Waals surface area contributed by atoms with E-state index in [1.807, 2.05) is 0 Å². The van der Waals surface area contributed by atoms with E-state index in [2.05, 4.69) is 15.5 Å². The highest BCUT2D eigenvalue weighted by Gasteiger charge is 2.30. The van der Waals surface area contributed by atoms with Crippen molar-refractivity contribution in [1.82, 2.24) is 10.2 Å². The largest absolute Gasteiger partial charge is 0.408 e. The van der Waals surface area contributed by atoms with Crippen molar-refractivity contribution in [1.29, 1.82) is 0 Å². The zero-order valence-corrected chi connectivity index (χ0v) is 8.97. The molecule has 0 radical (unpaired) electrons. The third-order valence-electron chi connectivity index (χ3n) is 2.39. The summed E-state index contributed by atoms with van der Waals surface area (Å²) in [6.45, 7) is 0.103. The molecule has 0 bridgehead atoms. The molecule has 3 N–H and O–H groups in total. The quantitative estimate of drug-likeness (QED) is 0.724. The van der Waals surface area contributed by atoms with Gasteiger partial charge in [-0.1, -0.05) is 5.10 Å². The molecular weight excluding hydrogens is 212 g/mol. The molecule has 7 heteroatoms. The van der Waals surface area contributed by atoms with Gasteiger partial charge in [0.1, 0.15) is 6.10 Å². The lowest BCUT2D eigenvalue weighted by Gasteiger charge is -2.10. The molecule has 88 valence electrons. The summed E-state index contributed by atoms with van der Waals surface area (Å²) in [5.74, 6) is 0.568. The van der Waals surface area contributed by atoms with E-state index in [0.717, 1.165) is 12.8 Å². The fourth-order valence-corrected chi connectivity index (χ4v) is 1.28. The van der Waals surface area contributed by atoms with Gasteiger partial charge in [0.05, 0.1) is 0 Å². The van der Waals surface area contributed by atoms with Gasteiger partial charge in [-0.2, -0.15) is 0 Å². The number of nitrogens with zero attached hydrogens (tertiary/aromatic N) is 2. The molecule has 1 saturated carbocycles. The average Bonchev–Trinajstić information content (AvgIpc) is 3.02. The zero-order valence-electron chi connectivity index (χ0n) is 8.97. The molecule has 1 fully saturated rings. The molecule has 1 unspecified atom stereocenters. The van der Waals surface area contributed by atoms with Gasteiger partial charge in [-0.15, -0.1) is 5.10 Å². The standard InChI is InChI=1S/C9H14N4O3/c1-15-6(4-10)7(14)11-9-13-12-8(16-9)5-2-3-5/h5-6H,2-4,10H2,1H3,(H,11,13,14). The molecule has 0 spiro atoms. The van der Waals surface area contributed by atoms with E-state index in [4.69, 9.17) is 14.9 Å². The summed E-state index contributed by atoms with van der Waals surface area (Å²) in [5, 5.41) is 10.0. The number of anilines is 1. The van der Waals surface area contributed by atoms with Crippen LogP contribution in [-0.2, 0) is 9.53 Å². The lowest BCUT2D eigenvalue weighted by atomic mass is 10.3. The summed E-state index contributed by atoms with van der Waals surface area (Å²) in [6.07, 6.45) is 1.44.